The SMILES string of the molecule is O=C(N1CCN(c2ccccc2)CC1)n1cc(C(F)(F)F)cn1. The van der Waals surface area contributed by atoms with Crippen LogP contribution in [-0.4, -0.2) is 46.9 Å². The summed E-state index contributed by atoms with van der Waals surface area (Å²) in [6, 6.07) is 9.25. The molecule has 1 aliphatic rings. The zero-order chi connectivity index (χ0) is 16.4. The Morgan fingerprint density at radius 3 is 2.26 bits per heavy atom. The van der Waals surface area contributed by atoms with Crippen LogP contribution in [0.3, 0.4) is 0 Å². The molecule has 3 rings (SSSR count). The molecule has 0 unspecified atom stereocenters. The quantitative estimate of drug-likeness (QED) is 0.810. The number of alkyl halides is 3. The number of carbonyl (C=O) groups is 1. The van der Waals surface area contributed by atoms with E-state index in [2.05, 4.69) is 10.00 Å². The van der Waals surface area contributed by atoms with Gasteiger partial charge in [0.15, 0.2) is 0 Å². The van der Waals surface area contributed by atoms with Gasteiger partial charge in [-0.3, -0.25) is 0 Å². The molecular weight excluding hydrogens is 309 g/mol. The van der Waals surface area contributed by atoms with Crippen molar-refractivity contribution in [2.45, 2.75) is 6.18 Å². The molecule has 0 bridgehead atoms. The summed E-state index contributed by atoms with van der Waals surface area (Å²) in [5.74, 6) is 0. The second-order valence-electron chi connectivity index (χ2n) is 5.26. The van der Waals surface area contributed by atoms with E-state index in [9.17, 15) is 18.0 Å². The zero-order valence-electron chi connectivity index (χ0n) is 12.2. The van der Waals surface area contributed by atoms with Crippen molar-refractivity contribution in [3.8, 4) is 0 Å². The Hall–Kier alpha value is -2.51. The van der Waals surface area contributed by atoms with Gasteiger partial charge in [-0.1, -0.05) is 18.2 Å². The van der Waals surface area contributed by atoms with Crippen molar-refractivity contribution in [1.29, 1.82) is 0 Å². The number of piperazine rings is 1. The molecule has 8 heteroatoms. The first kappa shape index (κ1) is 15.4. The molecule has 2 heterocycles. The lowest BCUT2D eigenvalue weighted by Crippen LogP contribution is -2.50. The highest BCUT2D eigenvalue weighted by Gasteiger charge is 2.33. The summed E-state index contributed by atoms with van der Waals surface area (Å²) in [7, 11) is 0. The molecule has 23 heavy (non-hydrogen) atoms. The standard InChI is InChI=1S/C15H15F3N4O/c16-15(17,18)12-10-19-22(11-12)14(23)21-8-6-20(7-9-21)13-4-2-1-3-5-13/h1-5,10-11H,6-9H2. The highest BCUT2D eigenvalue weighted by molar-refractivity contribution is 5.76. The van der Waals surface area contributed by atoms with Crippen LogP contribution in [0.15, 0.2) is 42.7 Å². The number of aromatic nitrogens is 2. The molecule has 1 amide bonds. The molecule has 0 aliphatic carbocycles. The third-order valence-electron chi connectivity index (χ3n) is 3.78. The van der Waals surface area contributed by atoms with E-state index in [1.807, 2.05) is 30.3 Å². The second-order valence-corrected chi connectivity index (χ2v) is 5.26. The fourth-order valence-electron chi connectivity index (χ4n) is 2.51. The van der Waals surface area contributed by atoms with Gasteiger partial charge < -0.3 is 9.80 Å². The van der Waals surface area contributed by atoms with Crippen LogP contribution >= 0.6 is 0 Å². The van der Waals surface area contributed by atoms with Crippen molar-refractivity contribution >= 4 is 11.7 Å². The number of para-hydroxylation sites is 1. The minimum Gasteiger partial charge on any atom is -0.368 e. The number of hydrogen-bond acceptors (Lipinski definition) is 3. The van der Waals surface area contributed by atoms with Crippen LogP contribution < -0.4 is 4.90 Å². The minimum atomic E-state index is -4.50. The first-order chi connectivity index (χ1) is 10.9. The molecule has 0 saturated carbocycles. The Balaban J connectivity index is 1.63. The maximum Gasteiger partial charge on any atom is 0.419 e. The summed E-state index contributed by atoms with van der Waals surface area (Å²) in [4.78, 5) is 15.9. The molecule has 0 N–H and O–H groups in total. The third-order valence-corrected chi connectivity index (χ3v) is 3.78. The molecule has 0 atom stereocenters. The molecule has 0 radical (unpaired) electrons. The summed E-state index contributed by atoms with van der Waals surface area (Å²) in [6.07, 6.45) is -3.10. The van der Waals surface area contributed by atoms with E-state index in [0.29, 0.717) is 32.4 Å². The number of rotatable bonds is 1. The van der Waals surface area contributed by atoms with Crippen LogP contribution in [-0.2, 0) is 6.18 Å². The minimum absolute atomic E-state index is 0.439. The van der Waals surface area contributed by atoms with Gasteiger partial charge in [-0.15, -0.1) is 0 Å². The largest absolute Gasteiger partial charge is 0.419 e. The van der Waals surface area contributed by atoms with Crippen molar-refractivity contribution < 1.29 is 18.0 Å². The van der Waals surface area contributed by atoms with Gasteiger partial charge >= 0.3 is 12.2 Å². The van der Waals surface area contributed by atoms with Gasteiger partial charge in [0, 0.05) is 38.1 Å². The van der Waals surface area contributed by atoms with E-state index in [-0.39, 0.29) is 0 Å². The summed E-state index contributed by atoms with van der Waals surface area (Å²) >= 11 is 0. The predicted molar refractivity (Wildman–Crippen MR) is 78.3 cm³/mol. The predicted octanol–water partition coefficient (Wildman–Crippen LogP) is 2.69. The highest BCUT2D eigenvalue weighted by Crippen LogP contribution is 2.28. The molecule has 2 aromatic rings. The van der Waals surface area contributed by atoms with Crippen molar-refractivity contribution in [2.75, 3.05) is 31.1 Å². The molecular formula is C15H15F3N4O. The number of amides is 1. The maximum absolute atomic E-state index is 12.6. The number of hydrogen-bond donors (Lipinski definition) is 0. The van der Waals surface area contributed by atoms with Gasteiger partial charge in [-0.25, -0.2) is 4.79 Å². The first-order valence-electron chi connectivity index (χ1n) is 7.16. The fourth-order valence-corrected chi connectivity index (χ4v) is 2.51. The lowest BCUT2D eigenvalue weighted by molar-refractivity contribution is -0.137. The molecule has 5 nitrogen and oxygen atoms in total. The van der Waals surface area contributed by atoms with Crippen LogP contribution in [0.25, 0.3) is 0 Å². The Kier molecular flexibility index (Phi) is 3.97. The van der Waals surface area contributed by atoms with Crippen molar-refractivity contribution in [3.05, 3.63) is 48.3 Å². The summed E-state index contributed by atoms with van der Waals surface area (Å²) in [5.41, 5.74) is 0.145. The smallest absolute Gasteiger partial charge is 0.368 e. The summed E-state index contributed by atoms with van der Waals surface area (Å²) in [5, 5.41) is 3.53. The van der Waals surface area contributed by atoms with E-state index in [4.69, 9.17) is 0 Å². The van der Waals surface area contributed by atoms with Crippen LogP contribution in [0.2, 0.25) is 0 Å². The lowest BCUT2D eigenvalue weighted by Gasteiger charge is -2.35. The average molecular weight is 324 g/mol. The highest BCUT2D eigenvalue weighted by atomic mass is 19.4. The van der Waals surface area contributed by atoms with Crippen molar-refractivity contribution in [3.63, 3.8) is 0 Å². The van der Waals surface area contributed by atoms with Gasteiger partial charge in [0.1, 0.15) is 0 Å². The van der Waals surface area contributed by atoms with Crippen molar-refractivity contribution in [2.24, 2.45) is 0 Å². The van der Waals surface area contributed by atoms with Gasteiger partial charge in [-0.2, -0.15) is 23.0 Å². The number of benzene rings is 1. The van der Waals surface area contributed by atoms with Gasteiger partial charge in [-0.05, 0) is 12.1 Å². The molecule has 1 aromatic carbocycles. The summed E-state index contributed by atoms with van der Waals surface area (Å²) < 4.78 is 38.4. The monoisotopic (exact) mass is 324 g/mol. The number of nitrogens with zero attached hydrogens (tertiary/aromatic N) is 4. The van der Waals surface area contributed by atoms with E-state index < -0.39 is 17.8 Å². The normalized spacial score (nSPS) is 15.8. The molecule has 0 spiro atoms. The number of anilines is 1. The maximum atomic E-state index is 12.6. The first-order valence-corrected chi connectivity index (χ1v) is 7.16. The van der Waals surface area contributed by atoms with Crippen LogP contribution in [0.4, 0.5) is 23.7 Å². The second kappa shape index (κ2) is 5.94. The van der Waals surface area contributed by atoms with E-state index in [0.717, 1.165) is 16.6 Å². The molecule has 1 aliphatic heterocycles. The van der Waals surface area contributed by atoms with E-state index in [1.54, 1.807) is 0 Å². The number of carbonyl (C=O) groups excluding carboxylic acids is 1. The van der Waals surface area contributed by atoms with Crippen LogP contribution in [0.1, 0.15) is 5.56 Å². The fraction of sp³-hybridized carbons (Fsp3) is 0.333. The van der Waals surface area contributed by atoms with Crippen molar-refractivity contribution in [1.82, 2.24) is 14.7 Å². The molecule has 1 fully saturated rings. The molecule has 122 valence electrons. The lowest BCUT2D eigenvalue weighted by atomic mass is 10.2. The Bertz CT molecular complexity index is 676. The molecule has 1 saturated heterocycles. The Morgan fingerprint density at radius 2 is 1.70 bits per heavy atom. The van der Waals surface area contributed by atoms with Gasteiger partial charge in [0.2, 0.25) is 0 Å². The van der Waals surface area contributed by atoms with E-state index in [1.165, 1.54) is 4.90 Å². The topological polar surface area (TPSA) is 41.4 Å². The summed E-state index contributed by atoms with van der Waals surface area (Å²) in [6.45, 7) is 2.14. The zero-order valence-corrected chi connectivity index (χ0v) is 12.2. The van der Waals surface area contributed by atoms with E-state index >= 15 is 0 Å². The van der Waals surface area contributed by atoms with Crippen LogP contribution in [0.5, 0.6) is 0 Å². The Morgan fingerprint density at radius 1 is 1.04 bits per heavy atom. The molecule has 1 aromatic heterocycles. The average Bonchev–Trinajstić information content (AvgIpc) is 3.05. The van der Waals surface area contributed by atoms with Gasteiger partial charge in [0.05, 0.1) is 11.8 Å². The van der Waals surface area contributed by atoms with Gasteiger partial charge in [0.25, 0.3) is 0 Å². The Labute approximate surface area is 130 Å². The third kappa shape index (κ3) is 3.30. The van der Waals surface area contributed by atoms with Crippen LogP contribution in [0, 0.1) is 0 Å². The number of halogens is 3.